The molecule has 0 radical (unpaired) electrons. The van der Waals surface area contributed by atoms with Crippen LogP contribution in [0.25, 0.3) is 0 Å². The van der Waals surface area contributed by atoms with Crippen LogP contribution < -0.4 is 10.1 Å². The molecule has 0 spiro atoms. The monoisotopic (exact) mass is 207 g/mol. The van der Waals surface area contributed by atoms with E-state index in [0.29, 0.717) is 11.7 Å². The Bertz CT molecular complexity index is 359. The molecule has 3 nitrogen and oxygen atoms in total. The summed E-state index contributed by atoms with van der Waals surface area (Å²) in [5.74, 6) is 1.01. The van der Waals surface area contributed by atoms with E-state index in [4.69, 9.17) is 4.74 Å². The number of ether oxygens (including phenoxy) is 1. The SMILES string of the molecule is CNC(=O)Oc1c(C)cccc1C(C)C. The van der Waals surface area contributed by atoms with Crippen molar-refractivity contribution in [1.29, 1.82) is 0 Å². The highest BCUT2D eigenvalue weighted by molar-refractivity contribution is 5.71. The second-order valence-corrected chi connectivity index (χ2v) is 3.79. The summed E-state index contributed by atoms with van der Waals surface area (Å²) in [6.07, 6.45) is -0.425. The second-order valence-electron chi connectivity index (χ2n) is 3.79. The zero-order valence-electron chi connectivity index (χ0n) is 9.63. The number of carbonyl (C=O) groups is 1. The zero-order chi connectivity index (χ0) is 11.4. The van der Waals surface area contributed by atoms with Gasteiger partial charge in [0.1, 0.15) is 5.75 Å². The van der Waals surface area contributed by atoms with Crippen molar-refractivity contribution in [2.45, 2.75) is 26.7 Å². The quantitative estimate of drug-likeness (QED) is 0.809. The maximum absolute atomic E-state index is 11.2. The number of hydrogen-bond acceptors (Lipinski definition) is 2. The number of amides is 1. The molecular weight excluding hydrogens is 190 g/mol. The van der Waals surface area contributed by atoms with Crippen molar-refractivity contribution in [3.05, 3.63) is 29.3 Å². The maximum Gasteiger partial charge on any atom is 0.412 e. The molecule has 1 aromatic rings. The van der Waals surface area contributed by atoms with Gasteiger partial charge in [-0.05, 0) is 24.0 Å². The number of carbonyl (C=O) groups excluding carboxylic acids is 1. The van der Waals surface area contributed by atoms with Gasteiger partial charge in [0.05, 0.1) is 0 Å². The number of para-hydroxylation sites is 1. The molecule has 0 saturated heterocycles. The molecular formula is C12H17NO2. The average Bonchev–Trinajstić information content (AvgIpc) is 2.20. The van der Waals surface area contributed by atoms with Crippen molar-refractivity contribution in [2.24, 2.45) is 0 Å². The van der Waals surface area contributed by atoms with Crippen molar-refractivity contribution >= 4 is 6.09 Å². The molecule has 1 rings (SSSR count). The molecule has 0 heterocycles. The van der Waals surface area contributed by atoms with Crippen LogP contribution in [0.3, 0.4) is 0 Å². The zero-order valence-corrected chi connectivity index (χ0v) is 9.63. The van der Waals surface area contributed by atoms with Crippen LogP contribution in [0.4, 0.5) is 4.79 Å². The van der Waals surface area contributed by atoms with E-state index in [2.05, 4.69) is 19.2 Å². The Morgan fingerprint density at radius 1 is 1.40 bits per heavy atom. The van der Waals surface area contributed by atoms with Crippen LogP contribution in [0, 0.1) is 6.92 Å². The van der Waals surface area contributed by atoms with Crippen LogP contribution in [0.2, 0.25) is 0 Å². The molecule has 3 heteroatoms. The van der Waals surface area contributed by atoms with Crippen molar-refractivity contribution in [2.75, 3.05) is 7.05 Å². The smallest absolute Gasteiger partial charge is 0.410 e. The van der Waals surface area contributed by atoms with E-state index >= 15 is 0 Å². The molecule has 0 aliphatic carbocycles. The minimum Gasteiger partial charge on any atom is -0.410 e. The summed E-state index contributed by atoms with van der Waals surface area (Å²) in [6.45, 7) is 6.08. The van der Waals surface area contributed by atoms with Gasteiger partial charge in [-0.25, -0.2) is 4.79 Å². The molecule has 0 unspecified atom stereocenters. The van der Waals surface area contributed by atoms with Crippen LogP contribution in [0.15, 0.2) is 18.2 Å². The van der Waals surface area contributed by atoms with E-state index < -0.39 is 6.09 Å². The number of aryl methyl sites for hydroxylation is 1. The van der Waals surface area contributed by atoms with Gasteiger partial charge >= 0.3 is 6.09 Å². The van der Waals surface area contributed by atoms with Gasteiger partial charge in [0.15, 0.2) is 0 Å². The third-order valence-corrected chi connectivity index (χ3v) is 2.26. The highest BCUT2D eigenvalue weighted by atomic mass is 16.6. The van der Waals surface area contributed by atoms with Crippen LogP contribution in [0.5, 0.6) is 5.75 Å². The molecule has 1 amide bonds. The van der Waals surface area contributed by atoms with Crippen LogP contribution in [0.1, 0.15) is 30.9 Å². The topological polar surface area (TPSA) is 38.3 Å². The number of rotatable bonds is 2. The number of benzene rings is 1. The average molecular weight is 207 g/mol. The predicted octanol–water partition coefficient (Wildman–Crippen LogP) is 2.84. The fraction of sp³-hybridized carbons (Fsp3) is 0.417. The Hall–Kier alpha value is -1.51. The molecule has 1 aromatic carbocycles. The Balaban J connectivity index is 3.07. The molecule has 15 heavy (non-hydrogen) atoms. The first-order chi connectivity index (χ1) is 7.06. The summed E-state index contributed by atoms with van der Waals surface area (Å²) in [6, 6.07) is 5.89. The molecule has 0 aromatic heterocycles. The van der Waals surface area contributed by atoms with Gasteiger partial charge in [0, 0.05) is 7.05 Å². The first-order valence-corrected chi connectivity index (χ1v) is 5.05. The summed E-state index contributed by atoms with van der Waals surface area (Å²) in [7, 11) is 1.55. The molecule has 0 bridgehead atoms. The Morgan fingerprint density at radius 3 is 2.60 bits per heavy atom. The molecule has 0 aliphatic rings. The lowest BCUT2D eigenvalue weighted by Gasteiger charge is -2.14. The Labute approximate surface area is 90.4 Å². The summed E-state index contributed by atoms with van der Waals surface area (Å²) >= 11 is 0. The molecule has 0 saturated carbocycles. The Kier molecular flexibility index (Phi) is 3.72. The summed E-state index contributed by atoms with van der Waals surface area (Å²) in [5, 5.41) is 2.45. The lowest BCUT2D eigenvalue weighted by molar-refractivity contribution is 0.202. The Morgan fingerprint density at radius 2 is 2.07 bits per heavy atom. The highest BCUT2D eigenvalue weighted by Crippen LogP contribution is 2.29. The fourth-order valence-corrected chi connectivity index (χ4v) is 1.41. The number of hydrogen-bond donors (Lipinski definition) is 1. The number of nitrogens with one attached hydrogen (secondary N) is 1. The van der Waals surface area contributed by atoms with Crippen molar-refractivity contribution in [1.82, 2.24) is 5.32 Å². The van der Waals surface area contributed by atoms with Gasteiger partial charge in [0.2, 0.25) is 0 Å². The van der Waals surface area contributed by atoms with Crippen molar-refractivity contribution in [3.8, 4) is 5.75 Å². The van der Waals surface area contributed by atoms with E-state index in [0.717, 1.165) is 11.1 Å². The molecule has 0 fully saturated rings. The van der Waals surface area contributed by atoms with E-state index in [9.17, 15) is 4.79 Å². The van der Waals surface area contributed by atoms with Gasteiger partial charge in [-0.15, -0.1) is 0 Å². The summed E-state index contributed by atoms with van der Waals surface area (Å²) in [5.41, 5.74) is 2.03. The largest absolute Gasteiger partial charge is 0.412 e. The maximum atomic E-state index is 11.2. The van der Waals surface area contributed by atoms with E-state index in [1.54, 1.807) is 7.05 Å². The molecule has 0 aliphatic heterocycles. The first kappa shape index (κ1) is 11.6. The lowest BCUT2D eigenvalue weighted by atomic mass is 10.00. The third kappa shape index (κ3) is 2.72. The van der Waals surface area contributed by atoms with Crippen molar-refractivity contribution < 1.29 is 9.53 Å². The van der Waals surface area contributed by atoms with E-state index in [1.807, 2.05) is 25.1 Å². The van der Waals surface area contributed by atoms with Gasteiger partial charge in [-0.2, -0.15) is 0 Å². The minimum absolute atomic E-state index is 0.338. The predicted molar refractivity (Wildman–Crippen MR) is 60.4 cm³/mol. The first-order valence-electron chi connectivity index (χ1n) is 5.05. The van der Waals surface area contributed by atoms with E-state index in [-0.39, 0.29) is 0 Å². The second kappa shape index (κ2) is 4.82. The minimum atomic E-state index is -0.425. The summed E-state index contributed by atoms with van der Waals surface area (Å²) in [4.78, 5) is 11.2. The fourth-order valence-electron chi connectivity index (χ4n) is 1.41. The third-order valence-electron chi connectivity index (χ3n) is 2.26. The van der Waals surface area contributed by atoms with Crippen LogP contribution in [-0.4, -0.2) is 13.1 Å². The standard InChI is InChI=1S/C12H17NO2/c1-8(2)10-7-5-6-9(3)11(10)15-12(14)13-4/h5-8H,1-4H3,(H,13,14). The van der Waals surface area contributed by atoms with E-state index in [1.165, 1.54) is 0 Å². The molecule has 0 atom stereocenters. The van der Waals surface area contributed by atoms with Gasteiger partial charge in [-0.3, -0.25) is 0 Å². The summed E-state index contributed by atoms with van der Waals surface area (Å²) < 4.78 is 5.24. The van der Waals surface area contributed by atoms with Crippen LogP contribution >= 0.6 is 0 Å². The molecule has 1 N–H and O–H groups in total. The van der Waals surface area contributed by atoms with Gasteiger partial charge in [0.25, 0.3) is 0 Å². The highest BCUT2D eigenvalue weighted by Gasteiger charge is 2.12. The lowest BCUT2D eigenvalue weighted by Crippen LogP contribution is -2.23. The van der Waals surface area contributed by atoms with Crippen LogP contribution in [-0.2, 0) is 0 Å². The van der Waals surface area contributed by atoms with Crippen molar-refractivity contribution in [3.63, 3.8) is 0 Å². The molecule has 82 valence electrons. The van der Waals surface area contributed by atoms with Gasteiger partial charge < -0.3 is 10.1 Å². The van der Waals surface area contributed by atoms with Gasteiger partial charge in [-0.1, -0.05) is 32.0 Å². The normalized spacial score (nSPS) is 10.2.